The van der Waals surface area contributed by atoms with Gasteiger partial charge in [-0.2, -0.15) is 0 Å². The normalized spacial score (nSPS) is 10.9. The predicted octanol–water partition coefficient (Wildman–Crippen LogP) is 5.27. The summed E-state index contributed by atoms with van der Waals surface area (Å²) in [6.07, 6.45) is 0. The first-order chi connectivity index (χ1) is 8.08. The van der Waals surface area contributed by atoms with Crippen LogP contribution in [0.15, 0.2) is 42.5 Å². The second-order valence-corrected chi connectivity index (χ2v) is 4.81. The zero-order valence-electron chi connectivity index (χ0n) is 9.87. The van der Waals surface area contributed by atoms with E-state index in [2.05, 4.69) is 13.8 Å². The van der Waals surface area contributed by atoms with Gasteiger partial charge in [0.2, 0.25) is 0 Å². The molecule has 2 aromatic carbocycles. The van der Waals surface area contributed by atoms with Gasteiger partial charge < -0.3 is 0 Å². The molecule has 0 heterocycles. The number of hydrogen-bond donors (Lipinski definition) is 0. The van der Waals surface area contributed by atoms with Gasteiger partial charge in [0.1, 0.15) is 5.82 Å². The maximum atomic E-state index is 12.8. The second-order valence-electron chi connectivity index (χ2n) is 4.40. The lowest BCUT2D eigenvalue weighted by Gasteiger charge is -2.10. The third-order valence-corrected chi connectivity index (χ3v) is 3.13. The zero-order valence-corrected chi connectivity index (χ0v) is 10.6. The van der Waals surface area contributed by atoms with Crippen LogP contribution < -0.4 is 0 Å². The van der Waals surface area contributed by atoms with Gasteiger partial charge in [0.25, 0.3) is 0 Å². The van der Waals surface area contributed by atoms with Crippen molar-refractivity contribution in [1.82, 2.24) is 0 Å². The van der Waals surface area contributed by atoms with Crippen LogP contribution in [-0.4, -0.2) is 0 Å². The molecule has 0 fully saturated rings. The van der Waals surface area contributed by atoms with E-state index in [0.717, 1.165) is 21.7 Å². The van der Waals surface area contributed by atoms with Crippen molar-refractivity contribution < 1.29 is 4.39 Å². The lowest BCUT2D eigenvalue weighted by molar-refractivity contribution is 0.628. The number of hydrogen-bond acceptors (Lipinski definition) is 0. The Labute approximate surface area is 106 Å². The van der Waals surface area contributed by atoms with E-state index < -0.39 is 0 Å². The summed E-state index contributed by atoms with van der Waals surface area (Å²) < 4.78 is 12.8. The molecule has 0 saturated heterocycles. The zero-order chi connectivity index (χ0) is 12.4. The highest BCUT2D eigenvalue weighted by atomic mass is 35.5. The topological polar surface area (TPSA) is 0 Å². The summed E-state index contributed by atoms with van der Waals surface area (Å²) in [4.78, 5) is 0. The minimum absolute atomic E-state index is 0.223. The van der Waals surface area contributed by atoms with Gasteiger partial charge in [0.15, 0.2) is 0 Å². The Morgan fingerprint density at radius 2 is 1.53 bits per heavy atom. The molecule has 88 valence electrons. The molecule has 0 unspecified atom stereocenters. The molecular weight excluding hydrogens is 235 g/mol. The Hall–Kier alpha value is -1.34. The summed E-state index contributed by atoms with van der Waals surface area (Å²) in [5.41, 5.74) is 3.13. The number of benzene rings is 2. The summed E-state index contributed by atoms with van der Waals surface area (Å²) in [6.45, 7) is 4.22. The van der Waals surface area contributed by atoms with Gasteiger partial charge in [-0.1, -0.05) is 49.7 Å². The Kier molecular flexibility index (Phi) is 3.49. The molecule has 0 spiro atoms. The molecule has 17 heavy (non-hydrogen) atoms. The Balaban J connectivity index is 2.41. The van der Waals surface area contributed by atoms with Crippen LogP contribution in [0.25, 0.3) is 11.1 Å². The molecule has 2 rings (SSSR count). The molecular formula is C15H14ClF. The van der Waals surface area contributed by atoms with Gasteiger partial charge in [-0.3, -0.25) is 0 Å². The molecule has 0 nitrogen and oxygen atoms in total. The van der Waals surface area contributed by atoms with Crippen molar-refractivity contribution in [2.45, 2.75) is 19.8 Å². The Morgan fingerprint density at radius 3 is 2.06 bits per heavy atom. The summed E-state index contributed by atoms with van der Waals surface area (Å²) in [6, 6.07) is 12.4. The summed E-state index contributed by atoms with van der Waals surface area (Å²) in [5, 5.41) is 0.766. The lowest BCUT2D eigenvalue weighted by Crippen LogP contribution is -1.89. The molecule has 0 bridgehead atoms. The fraction of sp³-hybridized carbons (Fsp3) is 0.200. The molecule has 0 aliphatic carbocycles. The highest BCUT2D eigenvalue weighted by Crippen LogP contribution is 2.29. The first-order valence-corrected chi connectivity index (χ1v) is 6.01. The van der Waals surface area contributed by atoms with Crippen molar-refractivity contribution in [1.29, 1.82) is 0 Å². The molecule has 2 aromatic rings. The van der Waals surface area contributed by atoms with Crippen LogP contribution in [0.5, 0.6) is 0 Å². The Bertz CT molecular complexity index is 515. The van der Waals surface area contributed by atoms with Gasteiger partial charge in [-0.05, 0) is 40.8 Å². The number of halogens is 2. The van der Waals surface area contributed by atoms with Crippen LogP contribution in [0, 0.1) is 5.82 Å². The van der Waals surface area contributed by atoms with Crippen molar-refractivity contribution in [3.05, 3.63) is 58.9 Å². The van der Waals surface area contributed by atoms with E-state index in [1.807, 2.05) is 18.2 Å². The van der Waals surface area contributed by atoms with Crippen LogP contribution in [0.4, 0.5) is 4.39 Å². The van der Waals surface area contributed by atoms with Crippen molar-refractivity contribution >= 4 is 11.6 Å². The molecule has 0 N–H and O–H groups in total. The molecule has 0 saturated carbocycles. The Morgan fingerprint density at radius 1 is 0.941 bits per heavy atom. The second kappa shape index (κ2) is 4.89. The van der Waals surface area contributed by atoms with Crippen molar-refractivity contribution in [3.8, 4) is 11.1 Å². The summed E-state index contributed by atoms with van der Waals surface area (Å²) in [7, 11) is 0. The van der Waals surface area contributed by atoms with Crippen LogP contribution in [0.1, 0.15) is 25.3 Å². The average Bonchev–Trinajstić information content (AvgIpc) is 2.29. The van der Waals surface area contributed by atoms with E-state index in [0.29, 0.717) is 5.92 Å². The molecule has 0 amide bonds. The van der Waals surface area contributed by atoms with E-state index in [-0.39, 0.29) is 5.82 Å². The van der Waals surface area contributed by atoms with Gasteiger partial charge in [0, 0.05) is 5.02 Å². The standard InChI is InChI=1S/C15H14ClF/c1-10(2)14-8-5-12(9-15(14)16)11-3-6-13(17)7-4-11/h3-10H,1-2H3. The monoisotopic (exact) mass is 248 g/mol. The first-order valence-electron chi connectivity index (χ1n) is 5.63. The predicted molar refractivity (Wildman–Crippen MR) is 70.9 cm³/mol. The third-order valence-electron chi connectivity index (χ3n) is 2.80. The summed E-state index contributed by atoms with van der Waals surface area (Å²) in [5.74, 6) is 0.184. The minimum Gasteiger partial charge on any atom is -0.207 e. The van der Waals surface area contributed by atoms with Gasteiger partial charge in [-0.15, -0.1) is 0 Å². The van der Waals surface area contributed by atoms with E-state index in [9.17, 15) is 4.39 Å². The highest BCUT2D eigenvalue weighted by molar-refractivity contribution is 6.31. The lowest BCUT2D eigenvalue weighted by atomic mass is 9.98. The molecule has 0 aliphatic heterocycles. The smallest absolute Gasteiger partial charge is 0.123 e. The van der Waals surface area contributed by atoms with Gasteiger partial charge >= 0.3 is 0 Å². The SMILES string of the molecule is CC(C)c1ccc(-c2ccc(F)cc2)cc1Cl. The van der Waals surface area contributed by atoms with Crippen LogP contribution in [0.3, 0.4) is 0 Å². The van der Waals surface area contributed by atoms with Crippen molar-refractivity contribution in [2.75, 3.05) is 0 Å². The molecule has 2 heteroatoms. The van der Waals surface area contributed by atoms with E-state index in [4.69, 9.17) is 11.6 Å². The average molecular weight is 249 g/mol. The van der Waals surface area contributed by atoms with E-state index in [1.165, 1.54) is 12.1 Å². The molecule has 0 aromatic heterocycles. The highest BCUT2D eigenvalue weighted by Gasteiger charge is 2.06. The minimum atomic E-state index is -0.223. The van der Waals surface area contributed by atoms with Crippen LogP contribution in [0.2, 0.25) is 5.02 Å². The first kappa shape index (κ1) is 12.1. The largest absolute Gasteiger partial charge is 0.207 e. The molecule has 0 aliphatic rings. The van der Waals surface area contributed by atoms with E-state index >= 15 is 0 Å². The van der Waals surface area contributed by atoms with Crippen LogP contribution in [-0.2, 0) is 0 Å². The fourth-order valence-electron chi connectivity index (χ4n) is 1.82. The van der Waals surface area contributed by atoms with Gasteiger partial charge in [0.05, 0.1) is 0 Å². The quantitative estimate of drug-likeness (QED) is 0.679. The third kappa shape index (κ3) is 2.67. The van der Waals surface area contributed by atoms with Crippen molar-refractivity contribution in [3.63, 3.8) is 0 Å². The van der Waals surface area contributed by atoms with Crippen LogP contribution >= 0.6 is 11.6 Å². The number of rotatable bonds is 2. The van der Waals surface area contributed by atoms with Gasteiger partial charge in [-0.25, -0.2) is 4.39 Å². The fourth-order valence-corrected chi connectivity index (χ4v) is 2.22. The maximum absolute atomic E-state index is 12.8. The van der Waals surface area contributed by atoms with Crippen molar-refractivity contribution in [2.24, 2.45) is 0 Å². The summed E-state index contributed by atoms with van der Waals surface area (Å²) >= 11 is 6.23. The molecule has 0 radical (unpaired) electrons. The maximum Gasteiger partial charge on any atom is 0.123 e. The van der Waals surface area contributed by atoms with E-state index in [1.54, 1.807) is 12.1 Å². The molecule has 0 atom stereocenters.